The first kappa shape index (κ1) is 28.3. The van der Waals surface area contributed by atoms with Gasteiger partial charge in [-0.05, 0) is 97.8 Å². The van der Waals surface area contributed by atoms with Crippen LogP contribution < -0.4 is 0 Å². The molecule has 4 rings (SSSR count). The van der Waals surface area contributed by atoms with E-state index in [0.29, 0.717) is 5.41 Å². The summed E-state index contributed by atoms with van der Waals surface area (Å²) in [5.41, 5.74) is 5.76. The van der Waals surface area contributed by atoms with Gasteiger partial charge < -0.3 is 0 Å². The Morgan fingerprint density at radius 2 is 1.11 bits per heavy atom. The molecule has 2 heteroatoms. The first-order valence-electron chi connectivity index (χ1n) is 15.5. The smallest absolute Gasteiger partial charge is 0.0739 e. The molecule has 0 heterocycles. The molecule has 2 aromatic carbocycles. The van der Waals surface area contributed by atoms with Crippen molar-refractivity contribution in [1.29, 1.82) is 0 Å². The van der Waals surface area contributed by atoms with Gasteiger partial charge in [-0.2, -0.15) is 4.99 Å². The quantitative estimate of drug-likeness (QED) is 0.239. The Labute approximate surface area is 232 Å². The van der Waals surface area contributed by atoms with Crippen molar-refractivity contribution in [1.82, 2.24) is 0 Å². The number of aliphatic imine (C=N–C) groups is 1. The fraction of sp³-hybridized carbons (Fsp3) is 0.629. The Morgan fingerprint density at radius 3 is 1.54 bits per heavy atom. The summed E-state index contributed by atoms with van der Waals surface area (Å²) < 4.78 is 0. The van der Waals surface area contributed by atoms with E-state index in [1.807, 2.05) is 12.1 Å². The summed E-state index contributed by atoms with van der Waals surface area (Å²) in [5.74, 6) is 1.72. The number of rotatable bonds is 9. The van der Waals surface area contributed by atoms with Crippen LogP contribution in [0.5, 0.6) is 0 Å². The minimum absolute atomic E-state index is 0.375. The van der Waals surface area contributed by atoms with Crippen LogP contribution >= 0.6 is 12.2 Å². The summed E-state index contributed by atoms with van der Waals surface area (Å²) in [6.45, 7) is 2.44. The molecule has 2 aliphatic rings. The summed E-state index contributed by atoms with van der Waals surface area (Å²) in [4.78, 5) is 4.08. The van der Waals surface area contributed by atoms with Crippen LogP contribution in [0.2, 0.25) is 0 Å². The molecule has 2 aromatic rings. The number of hydrogen-bond donors (Lipinski definition) is 0. The van der Waals surface area contributed by atoms with E-state index in [2.05, 4.69) is 53.5 Å². The number of isothiocyanates is 1. The van der Waals surface area contributed by atoms with Crippen LogP contribution in [0.25, 0.3) is 0 Å². The van der Waals surface area contributed by atoms with Gasteiger partial charge >= 0.3 is 0 Å². The maximum absolute atomic E-state index is 4.73. The molecular weight excluding hydrogens is 466 g/mol. The fourth-order valence-electron chi connectivity index (χ4n) is 7.77. The molecule has 0 atom stereocenters. The van der Waals surface area contributed by atoms with E-state index >= 15 is 0 Å². The monoisotopic (exact) mass is 515 g/mol. The minimum Gasteiger partial charge on any atom is -0.195 e. The van der Waals surface area contributed by atoms with Gasteiger partial charge in [-0.3, -0.25) is 0 Å². The Balaban J connectivity index is 1.58. The SMILES string of the molecule is CCCC(c1ccc(CCc2ccc(N=C=S)cc2)cc1)(C1CCCCCCC1)C1CCCCCCC1. The minimum atomic E-state index is 0.375. The lowest BCUT2D eigenvalue weighted by atomic mass is 9.55. The van der Waals surface area contributed by atoms with Gasteiger partial charge in [0.1, 0.15) is 0 Å². The molecule has 0 aliphatic heterocycles. The van der Waals surface area contributed by atoms with E-state index in [1.165, 1.54) is 114 Å². The largest absolute Gasteiger partial charge is 0.195 e. The van der Waals surface area contributed by atoms with Crippen LogP contribution in [-0.2, 0) is 18.3 Å². The molecule has 0 N–H and O–H groups in total. The van der Waals surface area contributed by atoms with Gasteiger partial charge in [-0.1, -0.05) is 114 Å². The molecule has 200 valence electrons. The number of aryl methyl sites for hydroxylation is 2. The second-order valence-corrected chi connectivity index (χ2v) is 12.1. The van der Waals surface area contributed by atoms with Crippen LogP contribution in [0.3, 0.4) is 0 Å². The summed E-state index contributed by atoms with van der Waals surface area (Å²) in [7, 11) is 0. The van der Waals surface area contributed by atoms with Crippen LogP contribution in [0.4, 0.5) is 5.69 Å². The zero-order valence-electron chi connectivity index (χ0n) is 23.4. The normalized spacial score (nSPS) is 18.7. The van der Waals surface area contributed by atoms with Gasteiger partial charge in [0.05, 0.1) is 10.8 Å². The van der Waals surface area contributed by atoms with E-state index in [-0.39, 0.29) is 0 Å². The Morgan fingerprint density at radius 1 is 0.676 bits per heavy atom. The third kappa shape index (κ3) is 7.64. The topological polar surface area (TPSA) is 12.4 Å². The van der Waals surface area contributed by atoms with E-state index < -0.39 is 0 Å². The van der Waals surface area contributed by atoms with Crippen molar-refractivity contribution in [2.24, 2.45) is 16.8 Å². The lowest BCUT2D eigenvalue weighted by Gasteiger charge is -2.49. The molecule has 1 nitrogen and oxygen atoms in total. The Bertz CT molecular complexity index is 931. The molecule has 0 amide bonds. The Hall–Kier alpha value is -1.76. The van der Waals surface area contributed by atoms with E-state index in [4.69, 9.17) is 12.2 Å². The van der Waals surface area contributed by atoms with E-state index in [9.17, 15) is 0 Å². The van der Waals surface area contributed by atoms with Crippen LogP contribution in [0.1, 0.15) is 126 Å². The van der Waals surface area contributed by atoms with Crippen LogP contribution in [-0.4, -0.2) is 5.16 Å². The van der Waals surface area contributed by atoms with Gasteiger partial charge in [-0.25, -0.2) is 0 Å². The van der Waals surface area contributed by atoms with Gasteiger partial charge in [0.15, 0.2) is 0 Å². The summed E-state index contributed by atoms with van der Waals surface area (Å²) in [5, 5.41) is 2.46. The molecule has 37 heavy (non-hydrogen) atoms. The number of thiocarbonyl (C=S) groups is 1. The lowest BCUT2D eigenvalue weighted by Crippen LogP contribution is -2.43. The summed E-state index contributed by atoms with van der Waals surface area (Å²) >= 11 is 4.73. The average Bonchev–Trinajstić information content (AvgIpc) is 2.88. The highest BCUT2D eigenvalue weighted by molar-refractivity contribution is 7.78. The fourth-order valence-corrected chi connectivity index (χ4v) is 7.88. The molecule has 0 aromatic heterocycles. The van der Waals surface area contributed by atoms with Gasteiger partial charge in [0.25, 0.3) is 0 Å². The van der Waals surface area contributed by atoms with Crippen molar-refractivity contribution >= 4 is 23.1 Å². The maximum atomic E-state index is 4.73. The van der Waals surface area contributed by atoms with Crippen molar-refractivity contribution in [3.8, 4) is 0 Å². The number of benzene rings is 2. The third-order valence-corrected chi connectivity index (χ3v) is 9.73. The second kappa shape index (κ2) is 15.0. The zero-order chi connectivity index (χ0) is 25.8. The third-order valence-electron chi connectivity index (χ3n) is 9.64. The van der Waals surface area contributed by atoms with E-state index in [0.717, 1.165) is 30.4 Å². The van der Waals surface area contributed by atoms with E-state index in [1.54, 1.807) is 5.56 Å². The summed E-state index contributed by atoms with van der Waals surface area (Å²) in [6, 6.07) is 18.5. The van der Waals surface area contributed by atoms with Crippen LogP contribution in [0.15, 0.2) is 53.5 Å². The lowest BCUT2D eigenvalue weighted by molar-refractivity contribution is 0.103. The van der Waals surface area contributed by atoms with Crippen molar-refractivity contribution in [2.75, 3.05) is 0 Å². The molecule has 0 unspecified atom stereocenters. The second-order valence-electron chi connectivity index (χ2n) is 11.9. The molecule has 0 saturated heterocycles. The Kier molecular flexibility index (Phi) is 11.4. The molecule has 0 radical (unpaired) electrons. The predicted molar refractivity (Wildman–Crippen MR) is 163 cm³/mol. The average molecular weight is 516 g/mol. The number of nitrogens with zero attached hydrogens (tertiary/aromatic N) is 1. The first-order valence-corrected chi connectivity index (χ1v) is 15.9. The molecule has 0 spiro atoms. The van der Waals surface area contributed by atoms with Crippen molar-refractivity contribution in [3.05, 3.63) is 65.2 Å². The zero-order valence-corrected chi connectivity index (χ0v) is 24.2. The highest BCUT2D eigenvalue weighted by Gasteiger charge is 2.45. The predicted octanol–water partition coefficient (Wildman–Crippen LogP) is 11.0. The highest BCUT2D eigenvalue weighted by Crippen LogP contribution is 2.52. The first-order chi connectivity index (χ1) is 18.3. The van der Waals surface area contributed by atoms with Crippen molar-refractivity contribution < 1.29 is 0 Å². The summed E-state index contributed by atoms with van der Waals surface area (Å²) in [6.07, 6.45) is 25.1. The van der Waals surface area contributed by atoms with Crippen molar-refractivity contribution in [2.45, 2.75) is 128 Å². The van der Waals surface area contributed by atoms with Gasteiger partial charge in [0, 0.05) is 5.41 Å². The van der Waals surface area contributed by atoms with Gasteiger partial charge in [-0.15, -0.1) is 0 Å². The van der Waals surface area contributed by atoms with Crippen LogP contribution in [0, 0.1) is 11.8 Å². The molecular formula is C35H49NS. The highest BCUT2D eigenvalue weighted by atomic mass is 32.1. The molecule has 0 bridgehead atoms. The van der Waals surface area contributed by atoms with Crippen molar-refractivity contribution in [3.63, 3.8) is 0 Å². The molecule has 2 aliphatic carbocycles. The standard InChI is InChI=1S/C35H49NS/c1-2-27-35(31-13-9-5-3-6-10-14-31,32-15-11-7-4-8-12-16-32)33-23-19-29(20-24-33)17-18-30-21-25-34(26-22-30)36-28-37/h19-26,31-32H,2-18,27H2,1H3. The molecule has 2 saturated carbocycles. The number of hydrogen-bond acceptors (Lipinski definition) is 2. The maximum Gasteiger partial charge on any atom is 0.0739 e. The van der Waals surface area contributed by atoms with Gasteiger partial charge in [0.2, 0.25) is 0 Å². The molecule has 2 fully saturated rings.